The minimum atomic E-state index is -0.860. The van der Waals surface area contributed by atoms with Gasteiger partial charge in [0.2, 0.25) is 11.8 Å². The Labute approximate surface area is 223 Å². The van der Waals surface area contributed by atoms with E-state index in [0.29, 0.717) is 46.8 Å². The molecular weight excluding hydrogens is 486 g/mol. The standard InChI is InChI=1S/C29H35N3O6/c1-28(2)22-10-8-18(37-6)16-20(22)24(33)31(26(28)35)14-12-30(5)13-15-32-25(34)21-17-19(38-7)9-11-23(21)29(3,4)27(32)36/h8-11,16-17H,12-15H2,1-7H3. The van der Waals surface area contributed by atoms with Gasteiger partial charge in [0.05, 0.1) is 25.0 Å². The summed E-state index contributed by atoms with van der Waals surface area (Å²) >= 11 is 0. The van der Waals surface area contributed by atoms with Crippen LogP contribution >= 0.6 is 0 Å². The molecule has 9 heteroatoms. The normalized spacial score (nSPS) is 18.0. The molecule has 0 saturated carbocycles. The van der Waals surface area contributed by atoms with Crippen molar-refractivity contribution in [3.05, 3.63) is 58.7 Å². The van der Waals surface area contributed by atoms with Crippen molar-refractivity contribution in [2.45, 2.75) is 38.5 Å². The molecule has 202 valence electrons. The van der Waals surface area contributed by atoms with Crippen LogP contribution in [0.1, 0.15) is 59.5 Å². The summed E-state index contributed by atoms with van der Waals surface area (Å²) in [5, 5.41) is 0. The van der Waals surface area contributed by atoms with Gasteiger partial charge < -0.3 is 14.4 Å². The molecule has 2 aromatic carbocycles. The number of likely N-dealkylation sites (N-methyl/N-ethyl adjacent to an activating group) is 1. The van der Waals surface area contributed by atoms with E-state index in [-0.39, 0.29) is 36.7 Å². The Morgan fingerprint density at radius 2 is 1.05 bits per heavy atom. The number of nitrogens with zero attached hydrogens (tertiary/aromatic N) is 3. The summed E-state index contributed by atoms with van der Waals surface area (Å²) in [5.74, 6) is -0.130. The molecule has 0 spiro atoms. The number of hydrogen-bond donors (Lipinski definition) is 0. The van der Waals surface area contributed by atoms with Crippen molar-refractivity contribution in [2.75, 3.05) is 47.4 Å². The summed E-state index contributed by atoms with van der Waals surface area (Å²) in [6.45, 7) is 8.38. The highest BCUT2D eigenvalue weighted by molar-refractivity contribution is 6.14. The number of carbonyl (C=O) groups is 4. The molecule has 2 aliphatic rings. The second-order valence-electron chi connectivity index (χ2n) is 10.9. The first-order valence-electron chi connectivity index (χ1n) is 12.6. The van der Waals surface area contributed by atoms with Crippen molar-refractivity contribution in [3.8, 4) is 11.5 Å². The van der Waals surface area contributed by atoms with Gasteiger partial charge in [-0.05, 0) is 70.1 Å². The van der Waals surface area contributed by atoms with Gasteiger partial charge in [0.15, 0.2) is 0 Å². The Morgan fingerprint density at radius 1 is 0.684 bits per heavy atom. The molecule has 9 nitrogen and oxygen atoms in total. The maximum atomic E-state index is 13.3. The van der Waals surface area contributed by atoms with Crippen molar-refractivity contribution < 1.29 is 28.7 Å². The Hall–Kier alpha value is -3.72. The van der Waals surface area contributed by atoms with Crippen LogP contribution in [0, 0.1) is 0 Å². The summed E-state index contributed by atoms with van der Waals surface area (Å²) in [6, 6.07) is 10.4. The molecule has 0 N–H and O–H groups in total. The van der Waals surface area contributed by atoms with Crippen LogP contribution in [-0.2, 0) is 20.4 Å². The maximum absolute atomic E-state index is 13.3. The molecule has 0 saturated heterocycles. The topological polar surface area (TPSA) is 96.5 Å². The zero-order valence-electron chi connectivity index (χ0n) is 23.1. The lowest BCUT2D eigenvalue weighted by molar-refractivity contribution is -0.134. The SMILES string of the molecule is COc1ccc2c(c1)C(=O)N(CCN(C)CCN1C(=O)c3cc(OC)ccc3C(C)(C)C1=O)C(=O)C2(C)C. The van der Waals surface area contributed by atoms with Gasteiger partial charge in [-0.2, -0.15) is 0 Å². The molecule has 0 bridgehead atoms. The van der Waals surface area contributed by atoms with Gasteiger partial charge in [0, 0.05) is 37.3 Å². The van der Waals surface area contributed by atoms with Crippen LogP contribution in [-0.4, -0.2) is 85.8 Å². The van der Waals surface area contributed by atoms with Gasteiger partial charge in [-0.3, -0.25) is 29.0 Å². The molecule has 38 heavy (non-hydrogen) atoms. The molecule has 0 unspecified atom stereocenters. The fourth-order valence-electron chi connectivity index (χ4n) is 5.18. The number of fused-ring (bicyclic) bond motifs is 2. The second-order valence-corrected chi connectivity index (χ2v) is 10.9. The Morgan fingerprint density at radius 3 is 1.39 bits per heavy atom. The maximum Gasteiger partial charge on any atom is 0.260 e. The molecule has 4 amide bonds. The lowest BCUT2D eigenvalue weighted by Gasteiger charge is -2.39. The highest BCUT2D eigenvalue weighted by Crippen LogP contribution is 2.37. The smallest absolute Gasteiger partial charge is 0.260 e. The molecule has 0 fully saturated rings. The molecule has 2 heterocycles. The Bertz CT molecular complexity index is 1220. The van der Waals surface area contributed by atoms with Gasteiger partial charge in [0.1, 0.15) is 11.5 Å². The van der Waals surface area contributed by atoms with Crippen LogP contribution in [0.15, 0.2) is 36.4 Å². The van der Waals surface area contributed by atoms with E-state index >= 15 is 0 Å². The number of imide groups is 2. The third-order valence-corrected chi connectivity index (χ3v) is 7.72. The fraction of sp³-hybridized carbons (Fsp3) is 0.448. The molecule has 2 aliphatic heterocycles. The van der Waals surface area contributed by atoms with Crippen LogP contribution in [0.3, 0.4) is 0 Å². The zero-order chi connectivity index (χ0) is 28.0. The van der Waals surface area contributed by atoms with Crippen LogP contribution in [0.4, 0.5) is 0 Å². The van der Waals surface area contributed by atoms with Crippen molar-refractivity contribution in [2.24, 2.45) is 0 Å². The third-order valence-electron chi connectivity index (χ3n) is 7.72. The largest absolute Gasteiger partial charge is 0.497 e. The first-order valence-corrected chi connectivity index (χ1v) is 12.6. The first kappa shape index (κ1) is 27.3. The van der Waals surface area contributed by atoms with Gasteiger partial charge in [-0.15, -0.1) is 0 Å². The number of methoxy groups -OCH3 is 2. The van der Waals surface area contributed by atoms with E-state index in [2.05, 4.69) is 0 Å². The second kappa shape index (κ2) is 9.87. The predicted octanol–water partition coefficient (Wildman–Crippen LogP) is 2.86. The zero-order valence-corrected chi connectivity index (χ0v) is 23.1. The van der Waals surface area contributed by atoms with Crippen molar-refractivity contribution in [1.29, 1.82) is 0 Å². The average molecular weight is 522 g/mol. The summed E-state index contributed by atoms with van der Waals surface area (Å²) in [5.41, 5.74) is 0.551. The molecule has 4 rings (SSSR count). The number of benzene rings is 2. The van der Waals surface area contributed by atoms with Crippen molar-refractivity contribution in [3.63, 3.8) is 0 Å². The van der Waals surface area contributed by atoms with Crippen LogP contribution < -0.4 is 9.47 Å². The molecule has 0 atom stereocenters. The van der Waals surface area contributed by atoms with Gasteiger partial charge in [-0.1, -0.05) is 12.1 Å². The summed E-state index contributed by atoms with van der Waals surface area (Å²) in [7, 11) is 4.90. The molecule has 0 radical (unpaired) electrons. The average Bonchev–Trinajstić information content (AvgIpc) is 2.90. The fourth-order valence-corrected chi connectivity index (χ4v) is 5.18. The molecule has 0 aliphatic carbocycles. The summed E-state index contributed by atoms with van der Waals surface area (Å²) in [6.07, 6.45) is 0. The predicted molar refractivity (Wildman–Crippen MR) is 142 cm³/mol. The van der Waals surface area contributed by atoms with E-state index in [0.717, 1.165) is 0 Å². The summed E-state index contributed by atoms with van der Waals surface area (Å²) < 4.78 is 10.6. The van der Waals surface area contributed by atoms with Gasteiger partial charge in [-0.25, -0.2) is 0 Å². The van der Waals surface area contributed by atoms with E-state index in [1.54, 1.807) is 36.4 Å². The Balaban J connectivity index is 1.45. The van der Waals surface area contributed by atoms with E-state index in [9.17, 15) is 19.2 Å². The lowest BCUT2D eigenvalue weighted by atomic mass is 9.77. The minimum Gasteiger partial charge on any atom is -0.497 e. The van der Waals surface area contributed by atoms with Crippen molar-refractivity contribution >= 4 is 23.6 Å². The van der Waals surface area contributed by atoms with E-state index in [4.69, 9.17) is 9.47 Å². The number of ether oxygens (including phenoxy) is 2. The Kier molecular flexibility index (Phi) is 7.09. The number of amides is 4. The number of hydrogen-bond acceptors (Lipinski definition) is 7. The molecule has 0 aromatic heterocycles. The number of carbonyl (C=O) groups excluding carboxylic acids is 4. The van der Waals surface area contributed by atoms with Gasteiger partial charge >= 0.3 is 0 Å². The molecular formula is C29H35N3O6. The molecule has 2 aromatic rings. The quantitative estimate of drug-likeness (QED) is 0.493. The van der Waals surface area contributed by atoms with Crippen molar-refractivity contribution in [1.82, 2.24) is 14.7 Å². The third kappa shape index (κ3) is 4.45. The van der Waals surface area contributed by atoms with Crippen LogP contribution in [0.2, 0.25) is 0 Å². The number of rotatable bonds is 8. The summed E-state index contributed by atoms with van der Waals surface area (Å²) in [4.78, 5) is 57.5. The highest BCUT2D eigenvalue weighted by atomic mass is 16.5. The van der Waals surface area contributed by atoms with E-state index < -0.39 is 10.8 Å². The van der Waals surface area contributed by atoms with Crippen LogP contribution in [0.25, 0.3) is 0 Å². The van der Waals surface area contributed by atoms with Gasteiger partial charge in [0.25, 0.3) is 11.8 Å². The first-order chi connectivity index (χ1) is 17.8. The lowest BCUT2D eigenvalue weighted by Crippen LogP contribution is -2.55. The monoisotopic (exact) mass is 521 g/mol. The van der Waals surface area contributed by atoms with Crippen LogP contribution in [0.5, 0.6) is 11.5 Å². The van der Waals surface area contributed by atoms with E-state index in [1.807, 2.05) is 39.6 Å². The minimum absolute atomic E-state index is 0.182. The highest BCUT2D eigenvalue weighted by Gasteiger charge is 2.45. The van der Waals surface area contributed by atoms with E-state index in [1.165, 1.54) is 24.0 Å².